The monoisotopic (exact) mass is 216 g/mol. The molecule has 2 aliphatic heterocycles. The summed E-state index contributed by atoms with van der Waals surface area (Å²) >= 11 is 0. The summed E-state index contributed by atoms with van der Waals surface area (Å²) in [6.45, 7) is 4.15. The first-order chi connectivity index (χ1) is 7.81. The predicted octanol–water partition coefficient (Wildman–Crippen LogP) is -0.457. The molecule has 6 nitrogen and oxygen atoms in total. The van der Waals surface area contributed by atoms with E-state index in [-0.39, 0.29) is 5.82 Å². The van der Waals surface area contributed by atoms with Crippen molar-refractivity contribution in [1.29, 1.82) is 5.26 Å². The molecule has 0 unspecified atom stereocenters. The van der Waals surface area contributed by atoms with Crippen LogP contribution in [0.15, 0.2) is 6.33 Å². The number of anilines is 1. The fourth-order valence-electron chi connectivity index (χ4n) is 2.46. The Labute approximate surface area is 93.3 Å². The van der Waals surface area contributed by atoms with Crippen molar-refractivity contribution in [1.82, 2.24) is 20.3 Å². The molecule has 0 amide bonds. The van der Waals surface area contributed by atoms with Crippen LogP contribution < -0.4 is 10.2 Å². The van der Waals surface area contributed by atoms with Crippen LogP contribution in [0.2, 0.25) is 0 Å². The number of nitriles is 1. The molecule has 0 saturated carbocycles. The molecular weight excluding hydrogens is 204 g/mol. The molecular formula is C10H12N6. The second-order valence-electron chi connectivity index (χ2n) is 4.50. The summed E-state index contributed by atoms with van der Waals surface area (Å²) in [5, 5.41) is 12.1. The van der Waals surface area contributed by atoms with E-state index in [1.807, 2.05) is 6.07 Å². The summed E-state index contributed by atoms with van der Waals surface area (Å²) in [4.78, 5) is 14.1. The van der Waals surface area contributed by atoms with Gasteiger partial charge >= 0.3 is 0 Å². The van der Waals surface area contributed by atoms with Gasteiger partial charge in [-0.1, -0.05) is 0 Å². The van der Waals surface area contributed by atoms with E-state index >= 15 is 0 Å². The van der Waals surface area contributed by atoms with Crippen LogP contribution in [0.3, 0.4) is 0 Å². The maximum atomic E-state index is 8.71. The molecule has 3 rings (SSSR count). The lowest BCUT2D eigenvalue weighted by Crippen LogP contribution is -2.58. The normalized spacial score (nSPS) is 21.8. The van der Waals surface area contributed by atoms with E-state index in [0.29, 0.717) is 11.4 Å². The topological polar surface area (TPSA) is 77.7 Å². The number of nitrogens with one attached hydrogen (secondary N) is 1. The van der Waals surface area contributed by atoms with Gasteiger partial charge in [0.2, 0.25) is 11.8 Å². The Morgan fingerprint density at radius 1 is 1.44 bits per heavy atom. The minimum atomic E-state index is 0.190. The quantitative estimate of drug-likeness (QED) is 0.684. The van der Waals surface area contributed by atoms with Gasteiger partial charge in [-0.05, 0) is 13.0 Å². The Morgan fingerprint density at radius 3 is 3.00 bits per heavy atom. The van der Waals surface area contributed by atoms with E-state index < -0.39 is 0 Å². The first-order valence-electron chi connectivity index (χ1n) is 5.36. The highest BCUT2D eigenvalue weighted by Crippen LogP contribution is 2.37. The van der Waals surface area contributed by atoms with Crippen LogP contribution in [0, 0.1) is 16.7 Å². The van der Waals surface area contributed by atoms with Gasteiger partial charge in [0.25, 0.3) is 0 Å². The molecule has 6 heteroatoms. The molecule has 1 aromatic rings. The molecule has 0 aliphatic carbocycles. The number of hydrogen-bond acceptors (Lipinski definition) is 6. The Kier molecular flexibility index (Phi) is 2.01. The maximum Gasteiger partial charge on any atom is 0.236 e. The van der Waals surface area contributed by atoms with Gasteiger partial charge in [0.15, 0.2) is 0 Å². The molecule has 2 fully saturated rings. The molecule has 3 heterocycles. The zero-order valence-corrected chi connectivity index (χ0v) is 8.85. The average Bonchev–Trinajstić information content (AvgIpc) is 2.76. The third-order valence-corrected chi connectivity index (χ3v) is 3.33. The fraction of sp³-hybridized carbons (Fsp3) is 0.600. The largest absolute Gasteiger partial charge is 0.339 e. The Balaban J connectivity index is 1.74. The van der Waals surface area contributed by atoms with Crippen molar-refractivity contribution in [2.24, 2.45) is 5.41 Å². The van der Waals surface area contributed by atoms with Crippen LogP contribution >= 0.6 is 0 Å². The molecule has 1 aromatic heterocycles. The third kappa shape index (κ3) is 1.41. The molecule has 82 valence electrons. The van der Waals surface area contributed by atoms with Crippen LogP contribution in [0.4, 0.5) is 5.95 Å². The minimum Gasteiger partial charge on any atom is -0.339 e. The molecule has 0 atom stereocenters. The highest BCUT2D eigenvalue weighted by atomic mass is 15.3. The van der Waals surface area contributed by atoms with Crippen molar-refractivity contribution in [3.63, 3.8) is 0 Å². The summed E-state index contributed by atoms with van der Waals surface area (Å²) in [6, 6.07) is 1.93. The Bertz CT molecular complexity index is 437. The maximum absolute atomic E-state index is 8.71. The lowest BCUT2D eigenvalue weighted by atomic mass is 9.79. The van der Waals surface area contributed by atoms with Crippen LogP contribution in [-0.2, 0) is 0 Å². The zero-order chi connectivity index (χ0) is 11.0. The van der Waals surface area contributed by atoms with E-state index in [1.54, 1.807) is 0 Å². The second kappa shape index (κ2) is 3.39. The van der Waals surface area contributed by atoms with Gasteiger partial charge < -0.3 is 10.2 Å². The van der Waals surface area contributed by atoms with Crippen LogP contribution in [0.1, 0.15) is 12.2 Å². The third-order valence-electron chi connectivity index (χ3n) is 3.33. The zero-order valence-electron chi connectivity index (χ0n) is 8.85. The second-order valence-corrected chi connectivity index (χ2v) is 4.50. The van der Waals surface area contributed by atoms with Gasteiger partial charge in [-0.2, -0.15) is 10.2 Å². The van der Waals surface area contributed by atoms with E-state index in [1.165, 1.54) is 12.7 Å². The minimum absolute atomic E-state index is 0.190. The lowest BCUT2D eigenvalue weighted by Gasteiger charge is -2.47. The number of rotatable bonds is 1. The van der Waals surface area contributed by atoms with Crippen molar-refractivity contribution in [2.45, 2.75) is 6.42 Å². The molecule has 2 saturated heterocycles. The summed E-state index contributed by atoms with van der Waals surface area (Å²) in [6.07, 6.45) is 2.62. The summed E-state index contributed by atoms with van der Waals surface area (Å²) in [5.41, 5.74) is 0.416. The summed E-state index contributed by atoms with van der Waals surface area (Å²) in [5.74, 6) is 0.819. The fourth-order valence-corrected chi connectivity index (χ4v) is 2.46. The van der Waals surface area contributed by atoms with E-state index in [4.69, 9.17) is 5.26 Å². The molecule has 0 radical (unpaired) electrons. The molecule has 0 bridgehead atoms. The summed E-state index contributed by atoms with van der Waals surface area (Å²) in [7, 11) is 0. The highest BCUT2D eigenvalue weighted by molar-refractivity contribution is 5.37. The molecule has 1 N–H and O–H groups in total. The van der Waals surface area contributed by atoms with Gasteiger partial charge in [-0.3, -0.25) is 0 Å². The van der Waals surface area contributed by atoms with Crippen LogP contribution in [-0.4, -0.2) is 41.1 Å². The van der Waals surface area contributed by atoms with Gasteiger partial charge in [-0.15, -0.1) is 0 Å². The van der Waals surface area contributed by atoms with Gasteiger partial charge in [-0.25, -0.2) is 9.97 Å². The van der Waals surface area contributed by atoms with E-state index in [9.17, 15) is 0 Å². The smallest absolute Gasteiger partial charge is 0.236 e. The van der Waals surface area contributed by atoms with Crippen molar-refractivity contribution < 1.29 is 0 Å². The first kappa shape index (κ1) is 9.48. The van der Waals surface area contributed by atoms with Crippen LogP contribution in [0.5, 0.6) is 0 Å². The molecule has 2 aliphatic rings. The number of aromatic nitrogens is 3. The molecule has 16 heavy (non-hydrogen) atoms. The van der Waals surface area contributed by atoms with E-state index in [0.717, 1.165) is 26.2 Å². The van der Waals surface area contributed by atoms with E-state index in [2.05, 4.69) is 25.2 Å². The SMILES string of the molecule is N#Cc1ncnc(N2CC3(CCNC3)C2)n1. The van der Waals surface area contributed by atoms with Crippen LogP contribution in [0.25, 0.3) is 0 Å². The molecule has 1 spiro atoms. The Hall–Kier alpha value is -1.74. The molecule has 0 aromatic carbocycles. The van der Waals surface area contributed by atoms with Crippen molar-refractivity contribution in [3.8, 4) is 6.07 Å². The van der Waals surface area contributed by atoms with Gasteiger partial charge in [0, 0.05) is 25.0 Å². The standard InChI is InChI=1S/C10H12N6/c11-3-8-13-7-14-9(15-8)16-5-10(6-16)1-2-12-4-10/h7,12H,1-2,4-6H2. The Morgan fingerprint density at radius 2 is 2.31 bits per heavy atom. The highest BCUT2D eigenvalue weighted by Gasteiger charge is 2.45. The van der Waals surface area contributed by atoms with Crippen molar-refractivity contribution in [3.05, 3.63) is 12.2 Å². The average molecular weight is 216 g/mol. The lowest BCUT2D eigenvalue weighted by molar-refractivity contribution is 0.239. The number of hydrogen-bond donors (Lipinski definition) is 1. The van der Waals surface area contributed by atoms with Gasteiger partial charge in [0.05, 0.1) is 0 Å². The number of nitrogens with zero attached hydrogens (tertiary/aromatic N) is 5. The summed E-state index contributed by atoms with van der Waals surface area (Å²) < 4.78 is 0. The van der Waals surface area contributed by atoms with Crippen molar-refractivity contribution >= 4 is 5.95 Å². The van der Waals surface area contributed by atoms with Gasteiger partial charge in [0.1, 0.15) is 12.4 Å². The van der Waals surface area contributed by atoms with Crippen molar-refractivity contribution in [2.75, 3.05) is 31.1 Å². The predicted molar refractivity (Wildman–Crippen MR) is 56.7 cm³/mol. The first-order valence-corrected chi connectivity index (χ1v) is 5.36.